The van der Waals surface area contributed by atoms with E-state index < -0.39 is 0 Å². The van der Waals surface area contributed by atoms with Gasteiger partial charge in [-0.15, -0.1) is 11.3 Å². The molecule has 0 aliphatic carbocycles. The Bertz CT molecular complexity index is 304. The topological polar surface area (TPSA) is 50.4 Å². The molecule has 0 unspecified atom stereocenters. The van der Waals surface area contributed by atoms with Crippen molar-refractivity contribution in [3.05, 3.63) is 21.9 Å². The van der Waals surface area contributed by atoms with Crippen molar-refractivity contribution in [2.24, 2.45) is 10.7 Å². The fourth-order valence-corrected chi connectivity index (χ4v) is 2.11. The molecule has 3 N–H and O–H groups in total. The van der Waals surface area contributed by atoms with Crippen LogP contribution in [0.1, 0.15) is 24.3 Å². The molecule has 0 atom stereocenters. The molecule has 0 aromatic carbocycles. The summed E-state index contributed by atoms with van der Waals surface area (Å²) in [6, 6.07) is 2.15. The first-order chi connectivity index (χ1) is 6.77. The van der Waals surface area contributed by atoms with Crippen LogP contribution in [-0.2, 0) is 13.0 Å². The van der Waals surface area contributed by atoms with E-state index in [1.54, 1.807) is 11.3 Å². The van der Waals surface area contributed by atoms with Crippen LogP contribution in [0.15, 0.2) is 16.4 Å². The molecular weight excluding hydrogens is 194 g/mol. The summed E-state index contributed by atoms with van der Waals surface area (Å²) >= 11 is 1.74. The molecule has 3 nitrogen and oxygen atoms in total. The van der Waals surface area contributed by atoms with Crippen LogP contribution in [0.3, 0.4) is 0 Å². The normalized spacial score (nSPS) is 11.7. The van der Waals surface area contributed by atoms with Crippen LogP contribution >= 0.6 is 11.3 Å². The second kappa shape index (κ2) is 5.65. The molecule has 1 heterocycles. The highest BCUT2D eigenvalue weighted by Crippen LogP contribution is 2.17. The zero-order chi connectivity index (χ0) is 10.4. The fourth-order valence-electron chi connectivity index (χ4n) is 1.21. The van der Waals surface area contributed by atoms with E-state index >= 15 is 0 Å². The molecule has 0 spiro atoms. The lowest BCUT2D eigenvalue weighted by Gasteiger charge is -2.01. The van der Waals surface area contributed by atoms with Gasteiger partial charge in [-0.25, -0.2) is 4.99 Å². The van der Waals surface area contributed by atoms with E-state index in [1.165, 1.54) is 10.4 Å². The van der Waals surface area contributed by atoms with Gasteiger partial charge in [0, 0.05) is 11.4 Å². The van der Waals surface area contributed by atoms with Crippen LogP contribution in [0, 0.1) is 0 Å². The van der Waals surface area contributed by atoms with Gasteiger partial charge in [-0.1, -0.05) is 6.92 Å². The van der Waals surface area contributed by atoms with Crippen LogP contribution in [0.2, 0.25) is 0 Å². The first-order valence-electron chi connectivity index (χ1n) is 4.87. The van der Waals surface area contributed by atoms with Gasteiger partial charge in [0.15, 0.2) is 5.96 Å². The molecule has 0 aliphatic heterocycles. The number of aliphatic imine (C=N–C) groups is 1. The van der Waals surface area contributed by atoms with Crippen molar-refractivity contribution in [3.8, 4) is 0 Å². The minimum Gasteiger partial charge on any atom is -0.370 e. The van der Waals surface area contributed by atoms with Gasteiger partial charge in [-0.05, 0) is 30.4 Å². The number of nitrogens with two attached hydrogens (primary N) is 1. The van der Waals surface area contributed by atoms with Crippen molar-refractivity contribution in [2.45, 2.75) is 26.8 Å². The second-order valence-corrected chi connectivity index (χ2v) is 3.96. The molecule has 78 valence electrons. The number of nitrogens with one attached hydrogen (secondary N) is 1. The summed E-state index contributed by atoms with van der Waals surface area (Å²) in [6.07, 6.45) is 1.06. The number of aryl methyl sites for hydroxylation is 1. The molecule has 14 heavy (non-hydrogen) atoms. The Hall–Kier alpha value is -1.03. The largest absolute Gasteiger partial charge is 0.370 e. The minimum absolute atomic E-state index is 0.531. The second-order valence-electron chi connectivity index (χ2n) is 2.95. The molecule has 1 aromatic heterocycles. The number of hydrogen-bond donors (Lipinski definition) is 2. The molecule has 0 saturated carbocycles. The summed E-state index contributed by atoms with van der Waals surface area (Å²) in [5.74, 6) is 0.531. The maximum absolute atomic E-state index is 5.64. The van der Waals surface area contributed by atoms with Gasteiger partial charge in [0.2, 0.25) is 0 Å². The quantitative estimate of drug-likeness (QED) is 0.588. The van der Waals surface area contributed by atoms with Crippen LogP contribution in [0.25, 0.3) is 0 Å². The molecule has 0 fully saturated rings. The van der Waals surface area contributed by atoms with E-state index in [4.69, 9.17) is 5.73 Å². The van der Waals surface area contributed by atoms with Crippen LogP contribution in [-0.4, -0.2) is 12.5 Å². The number of hydrogen-bond acceptors (Lipinski definition) is 2. The van der Waals surface area contributed by atoms with Crippen molar-refractivity contribution >= 4 is 17.3 Å². The van der Waals surface area contributed by atoms with Crippen molar-refractivity contribution < 1.29 is 0 Å². The highest BCUT2D eigenvalue weighted by molar-refractivity contribution is 7.10. The minimum atomic E-state index is 0.531. The summed E-state index contributed by atoms with van der Waals surface area (Å²) in [5.41, 5.74) is 7.01. The van der Waals surface area contributed by atoms with Crippen LogP contribution in [0.4, 0.5) is 0 Å². The van der Waals surface area contributed by atoms with E-state index in [1.807, 2.05) is 6.92 Å². The van der Waals surface area contributed by atoms with E-state index in [9.17, 15) is 0 Å². The van der Waals surface area contributed by atoms with Gasteiger partial charge in [-0.3, -0.25) is 0 Å². The maximum Gasteiger partial charge on any atom is 0.188 e. The predicted molar refractivity (Wildman–Crippen MR) is 62.7 cm³/mol. The summed E-state index contributed by atoms with van der Waals surface area (Å²) in [5, 5.41) is 5.08. The fraction of sp³-hybridized carbons (Fsp3) is 0.500. The number of rotatable bonds is 4. The van der Waals surface area contributed by atoms with Gasteiger partial charge in [0.1, 0.15) is 0 Å². The Labute approximate surface area is 89.0 Å². The zero-order valence-corrected chi connectivity index (χ0v) is 9.53. The van der Waals surface area contributed by atoms with Gasteiger partial charge in [0.05, 0.1) is 6.54 Å². The maximum atomic E-state index is 5.64. The molecule has 1 rings (SSSR count). The number of nitrogens with zero attached hydrogens (tertiary/aromatic N) is 1. The molecule has 0 radical (unpaired) electrons. The molecular formula is C10H17N3S. The summed E-state index contributed by atoms with van der Waals surface area (Å²) in [4.78, 5) is 5.57. The van der Waals surface area contributed by atoms with E-state index in [-0.39, 0.29) is 0 Å². The summed E-state index contributed by atoms with van der Waals surface area (Å²) in [6.45, 7) is 5.67. The van der Waals surface area contributed by atoms with Crippen molar-refractivity contribution in [1.82, 2.24) is 5.32 Å². The standard InChI is InChI=1S/C10H17N3S/c1-3-8-5-6-14-9(8)7-13-10(11)12-4-2/h5-6H,3-4,7H2,1-2H3,(H3,11,12,13). The van der Waals surface area contributed by atoms with Crippen LogP contribution in [0.5, 0.6) is 0 Å². The first kappa shape index (κ1) is 11.0. The zero-order valence-electron chi connectivity index (χ0n) is 8.71. The summed E-state index contributed by atoms with van der Waals surface area (Å²) in [7, 11) is 0. The average Bonchev–Trinajstić information content (AvgIpc) is 2.62. The van der Waals surface area contributed by atoms with E-state index in [0.717, 1.165) is 13.0 Å². The predicted octanol–water partition coefficient (Wildman–Crippen LogP) is 1.73. The monoisotopic (exact) mass is 211 g/mol. The Kier molecular flexibility index (Phi) is 4.46. The van der Waals surface area contributed by atoms with E-state index in [0.29, 0.717) is 12.5 Å². The van der Waals surface area contributed by atoms with Crippen molar-refractivity contribution in [1.29, 1.82) is 0 Å². The first-order valence-corrected chi connectivity index (χ1v) is 5.74. The lowest BCUT2D eigenvalue weighted by molar-refractivity contribution is 0.925. The Morgan fingerprint density at radius 1 is 1.57 bits per heavy atom. The Balaban J connectivity index is 2.56. The van der Waals surface area contributed by atoms with E-state index in [2.05, 4.69) is 28.7 Å². The summed E-state index contributed by atoms with van der Waals surface area (Å²) < 4.78 is 0. The highest BCUT2D eigenvalue weighted by atomic mass is 32.1. The molecule has 1 aromatic rings. The third-order valence-electron chi connectivity index (χ3n) is 1.97. The third kappa shape index (κ3) is 3.03. The van der Waals surface area contributed by atoms with Crippen molar-refractivity contribution in [3.63, 3.8) is 0 Å². The van der Waals surface area contributed by atoms with Crippen molar-refractivity contribution in [2.75, 3.05) is 6.54 Å². The molecule has 0 saturated heterocycles. The molecule has 0 bridgehead atoms. The molecule has 4 heteroatoms. The smallest absolute Gasteiger partial charge is 0.188 e. The number of guanidine groups is 1. The SMILES string of the molecule is CCNC(N)=NCc1sccc1CC. The van der Waals surface area contributed by atoms with Gasteiger partial charge >= 0.3 is 0 Å². The molecule has 0 aliphatic rings. The van der Waals surface area contributed by atoms with Gasteiger partial charge in [-0.2, -0.15) is 0 Å². The average molecular weight is 211 g/mol. The number of thiophene rings is 1. The highest BCUT2D eigenvalue weighted by Gasteiger charge is 2.00. The van der Waals surface area contributed by atoms with Gasteiger partial charge in [0.25, 0.3) is 0 Å². The Morgan fingerprint density at radius 2 is 2.36 bits per heavy atom. The third-order valence-corrected chi connectivity index (χ3v) is 2.92. The van der Waals surface area contributed by atoms with Crippen LogP contribution < -0.4 is 11.1 Å². The Morgan fingerprint density at radius 3 is 3.00 bits per heavy atom. The molecule has 0 amide bonds. The van der Waals surface area contributed by atoms with Gasteiger partial charge < -0.3 is 11.1 Å². The lowest BCUT2D eigenvalue weighted by atomic mass is 10.2. The lowest BCUT2D eigenvalue weighted by Crippen LogP contribution is -2.31.